The van der Waals surface area contributed by atoms with Crippen molar-refractivity contribution in [2.24, 2.45) is 0 Å². The van der Waals surface area contributed by atoms with Crippen LogP contribution in [-0.4, -0.2) is 25.2 Å². The van der Waals surface area contributed by atoms with Crippen LogP contribution in [0.1, 0.15) is 15.9 Å². The standard InChI is InChI=1S/C19H17NO3/c1-12-4-9-17-14(10-12)11-16(19(21)23-3)18(20-17)13-5-7-15(22-2)8-6-13/h4-11H,1-3H3. The van der Waals surface area contributed by atoms with Gasteiger partial charge in [-0.05, 0) is 49.4 Å². The van der Waals surface area contributed by atoms with Crippen molar-refractivity contribution in [1.82, 2.24) is 4.98 Å². The highest BCUT2D eigenvalue weighted by Crippen LogP contribution is 2.28. The fourth-order valence-corrected chi connectivity index (χ4v) is 2.53. The van der Waals surface area contributed by atoms with Gasteiger partial charge in [0.2, 0.25) is 0 Å². The second-order valence-corrected chi connectivity index (χ2v) is 5.30. The molecule has 116 valence electrons. The zero-order valence-corrected chi connectivity index (χ0v) is 13.3. The van der Waals surface area contributed by atoms with E-state index in [0.717, 1.165) is 27.8 Å². The number of esters is 1. The first-order valence-electron chi connectivity index (χ1n) is 7.26. The van der Waals surface area contributed by atoms with Crippen LogP contribution >= 0.6 is 0 Å². The molecule has 0 amide bonds. The Hall–Kier alpha value is -2.88. The van der Waals surface area contributed by atoms with E-state index in [1.165, 1.54) is 7.11 Å². The summed E-state index contributed by atoms with van der Waals surface area (Å²) in [7, 11) is 2.99. The monoisotopic (exact) mass is 307 g/mol. The first kappa shape index (κ1) is 15.0. The molecule has 2 aromatic carbocycles. The molecule has 0 spiro atoms. The lowest BCUT2D eigenvalue weighted by Gasteiger charge is -2.10. The molecular weight excluding hydrogens is 290 g/mol. The maximum atomic E-state index is 12.2. The molecule has 3 rings (SSSR count). The van der Waals surface area contributed by atoms with Gasteiger partial charge in [-0.2, -0.15) is 0 Å². The fourth-order valence-electron chi connectivity index (χ4n) is 2.53. The van der Waals surface area contributed by atoms with Crippen LogP contribution < -0.4 is 4.74 Å². The van der Waals surface area contributed by atoms with Crippen molar-refractivity contribution < 1.29 is 14.3 Å². The molecule has 0 fully saturated rings. The van der Waals surface area contributed by atoms with Gasteiger partial charge < -0.3 is 9.47 Å². The Kier molecular flexibility index (Phi) is 3.98. The van der Waals surface area contributed by atoms with E-state index >= 15 is 0 Å². The molecule has 0 saturated heterocycles. The van der Waals surface area contributed by atoms with Crippen molar-refractivity contribution in [3.8, 4) is 17.0 Å². The largest absolute Gasteiger partial charge is 0.497 e. The number of hydrogen-bond donors (Lipinski definition) is 0. The van der Waals surface area contributed by atoms with E-state index < -0.39 is 5.97 Å². The minimum atomic E-state index is -0.397. The van der Waals surface area contributed by atoms with E-state index in [2.05, 4.69) is 4.98 Å². The number of carbonyl (C=O) groups excluding carboxylic acids is 1. The predicted molar refractivity (Wildman–Crippen MR) is 89.8 cm³/mol. The number of nitrogens with zero attached hydrogens (tertiary/aromatic N) is 1. The predicted octanol–water partition coefficient (Wildman–Crippen LogP) is 4.01. The van der Waals surface area contributed by atoms with Crippen molar-refractivity contribution in [2.75, 3.05) is 14.2 Å². The molecule has 0 aliphatic carbocycles. The van der Waals surface area contributed by atoms with Crippen LogP contribution in [0.4, 0.5) is 0 Å². The normalized spacial score (nSPS) is 10.6. The summed E-state index contributed by atoms with van der Waals surface area (Å²) in [6, 6.07) is 15.3. The molecule has 0 radical (unpaired) electrons. The van der Waals surface area contributed by atoms with E-state index in [1.54, 1.807) is 7.11 Å². The molecule has 1 heterocycles. The number of pyridine rings is 1. The summed E-state index contributed by atoms with van der Waals surface area (Å²) < 4.78 is 10.1. The smallest absolute Gasteiger partial charge is 0.340 e. The van der Waals surface area contributed by atoms with E-state index in [9.17, 15) is 4.79 Å². The van der Waals surface area contributed by atoms with Crippen molar-refractivity contribution in [1.29, 1.82) is 0 Å². The molecule has 0 unspecified atom stereocenters. The number of methoxy groups -OCH3 is 2. The molecule has 1 aromatic heterocycles. The van der Waals surface area contributed by atoms with Crippen molar-refractivity contribution >= 4 is 16.9 Å². The maximum absolute atomic E-state index is 12.2. The van der Waals surface area contributed by atoms with Gasteiger partial charge in [0.15, 0.2) is 0 Å². The zero-order chi connectivity index (χ0) is 16.4. The summed E-state index contributed by atoms with van der Waals surface area (Å²) in [6.45, 7) is 2.01. The minimum absolute atomic E-state index is 0.397. The third-order valence-electron chi connectivity index (χ3n) is 3.74. The number of rotatable bonds is 3. The van der Waals surface area contributed by atoms with Crippen molar-refractivity contribution in [3.05, 3.63) is 59.7 Å². The summed E-state index contributed by atoms with van der Waals surface area (Å²) in [6.07, 6.45) is 0. The number of aryl methyl sites for hydroxylation is 1. The Labute approximate surface area is 134 Å². The highest BCUT2D eigenvalue weighted by molar-refractivity contribution is 6.00. The second-order valence-electron chi connectivity index (χ2n) is 5.30. The van der Waals surface area contributed by atoms with Gasteiger partial charge >= 0.3 is 5.97 Å². The number of aromatic nitrogens is 1. The van der Waals surface area contributed by atoms with Crippen LogP contribution in [0.3, 0.4) is 0 Å². The molecule has 4 heteroatoms. The lowest BCUT2D eigenvalue weighted by atomic mass is 10.0. The SMILES string of the molecule is COC(=O)c1cc2cc(C)ccc2nc1-c1ccc(OC)cc1. The number of hydrogen-bond acceptors (Lipinski definition) is 4. The molecule has 3 aromatic rings. The quantitative estimate of drug-likeness (QED) is 0.686. The van der Waals surface area contributed by atoms with Gasteiger partial charge in [0, 0.05) is 10.9 Å². The molecular formula is C19H17NO3. The second kappa shape index (κ2) is 6.08. The Morgan fingerprint density at radius 1 is 1.00 bits per heavy atom. The lowest BCUT2D eigenvalue weighted by molar-refractivity contribution is 0.0601. The Morgan fingerprint density at radius 3 is 2.39 bits per heavy atom. The molecule has 0 aliphatic heterocycles. The summed E-state index contributed by atoms with van der Waals surface area (Å²) in [4.78, 5) is 16.8. The van der Waals surface area contributed by atoms with Crippen LogP contribution in [-0.2, 0) is 4.74 Å². The van der Waals surface area contributed by atoms with Crippen LogP contribution in [0.25, 0.3) is 22.2 Å². The van der Waals surface area contributed by atoms with Crippen LogP contribution in [0.2, 0.25) is 0 Å². The maximum Gasteiger partial charge on any atom is 0.340 e. The van der Waals surface area contributed by atoms with E-state index in [4.69, 9.17) is 9.47 Å². The van der Waals surface area contributed by atoms with Gasteiger partial charge in [-0.25, -0.2) is 9.78 Å². The van der Waals surface area contributed by atoms with Crippen molar-refractivity contribution in [2.45, 2.75) is 6.92 Å². The summed E-state index contributed by atoms with van der Waals surface area (Å²) in [5, 5.41) is 0.919. The van der Waals surface area contributed by atoms with E-state index in [-0.39, 0.29) is 0 Å². The topological polar surface area (TPSA) is 48.4 Å². The molecule has 23 heavy (non-hydrogen) atoms. The Balaban J connectivity index is 2.23. The van der Waals surface area contributed by atoms with Gasteiger partial charge in [0.05, 0.1) is 31.0 Å². The van der Waals surface area contributed by atoms with Gasteiger partial charge in [0.1, 0.15) is 5.75 Å². The van der Waals surface area contributed by atoms with Gasteiger partial charge in [0.25, 0.3) is 0 Å². The Bertz CT molecular complexity index is 870. The fraction of sp³-hybridized carbons (Fsp3) is 0.158. The summed E-state index contributed by atoms with van der Waals surface area (Å²) in [5.74, 6) is 0.358. The molecule has 0 saturated carbocycles. The van der Waals surface area contributed by atoms with E-state index in [1.807, 2.05) is 55.5 Å². The van der Waals surface area contributed by atoms with E-state index in [0.29, 0.717) is 11.3 Å². The number of fused-ring (bicyclic) bond motifs is 1. The summed E-state index contributed by atoms with van der Waals surface area (Å²) in [5.41, 5.74) is 3.86. The van der Waals surface area contributed by atoms with Crippen LogP contribution in [0, 0.1) is 6.92 Å². The van der Waals surface area contributed by atoms with Crippen molar-refractivity contribution in [3.63, 3.8) is 0 Å². The Morgan fingerprint density at radius 2 is 1.74 bits per heavy atom. The van der Waals surface area contributed by atoms with Gasteiger partial charge in [-0.3, -0.25) is 0 Å². The molecule has 0 aliphatic rings. The first-order chi connectivity index (χ1) is 11.1. The number of ether oxygens (including phenoxy) is 2. The average Bonchev–Trinajstić information content (AvgIpc) is 2.60. The minimum Gasteiger partial charge on any atom is -0.497 e. The zero-order valence-electron chi connectivity index (χ0n) is 13.3. The molecule has 0 atom stereocenters. The first-order valence-corrected chi connectivity index (χ1v) is 7.26. The summed E-state index contributed by atoms with van der Waals surface area (Å²) >= 11 is 0. The highest BCUT2D eigenvalue weighted by Gasteiger charge is 2.16. The van der Waals surface area contributed by atoms with Crippen LogP contribution in [0.5, 0.6) is 5.75 Å². The highest BCUT2D eigenvalue weighted by atomic mass is 16.5. The lowest BCUT2D eigenvalue weighted by Crippen LogP contribution is -2.05. The van der Waals surface area contributed by atoms with Crippen LogP contribution in [0.15, 0.2) is 48.5 Å². The van der Waals surface area contributed by atoms with Gasteiger partial charge in [-0.15, -0.1) is 0 Å². The number of benzene rings is 2. The number of carbonyl (C=O) groups is 1. The molecule has 0 N–H and O–H groups in total. The molecule has 0 bridgehead atoms. The molecule has 4 nitrogen and oxygen atoms in total. The third-order valence-corrected chi connectivity index (χ3v) is 3.74. The third kappa shape index (κ3) is 2.88. The average molecular weight is 307 g/mol. The van der Waals surface area contributed by atoms with Gasteiger partial charge in [-0.1, -0.05) is 11.6 Å².